The summed E-state index contributed by atoms with van der Waals surface area (Å²) < 4.78 is 0.947. The molecule has 16 heavy (non-hydrogen) atoms. The number of aryl methyl sites for hydroxylation is 1. The van der Waals surface area contributed by atoms with Gasteiger partial charge in [-0.2, -0.15) is 0 Å². The van der Waals surface area contributed by atoms with E-state index in [0.717, 1.165) is 16.2 Å². The van der Waals surface area contributed by atoms with Crippen molar-refractivity contribution in [2.45, 2.75) is 13.3 Å². The van der Waals surface area contributed by atoms with Gasteiger partial charge < -0.3 is 5.32 Å². The molecule has 84 valence electrons. The van der Waals surface area contributed by atoms with Crippen LogP contribution in [0.1, 0.15) is 16.0 Å². The zero-order chi connectivity index (χ0) is 11.5. The minimum atomic E-state index is 0.931. The van der Waals surface area contributed by atoms with E-state index >= 15 is 0 Å². The molecule has 0 aliphatic heterocycles. The molecular formula is C12H13BrN2S. The third-order valence-corrected chi connectivity index (χ3v) is 4.34. The van der Waals surface area contributed by atoms with Crippen LogP contribution in [0.4, 0.5) is 5.13 Å². The summed E-state index contributed by atoms with van der Waals surface area (Å²) in [4.78, 5) is 5.62. The second kappa shape index (κ2) is 4.97. The molecule has 2 aromatic rings. The van der Waals surface area contributed by atoms with Crippen molar-refractivity contribution in [2.75, 3.05) is 12.4 Å². The Morgan fingerprint density at radius 3 is 2.56 bits per heavy atom. The van der Waals surface area contributed by atoms with Gasteiger partial charge in [0.2, 0.25) is 0 Å². The van der Waals surface area contributed by atoms with Gasteiger partial charge in [0.25, 0.3) is 0 Å². The molecule has 0 amide bonds. The van der Waals surface area contributed by atoms with Crippen molar-refractivity contribution in [2.24, 2.45) is 0 Å². The molecule has 1 heterocycles. The molecule has 0 unspecified atom stereocenters. The van der Waals surface area contributed by atoms with Crippen LogP contribution in [0.15, 0.2) is 28.9 Å². The number of hydrogen-bond donors (Lipinski definition) is 1. The first kappa shape index (κ1) is 11.6. The van der Waals surface area contributed by atoms with Crippen LogP contribution < -0.4 is 5.32 Å². The quantitative estimate of drug-likeness (QED) is 0.931. The number of aromatic nitrogens is 1. The van der Waals surface area contributed by atoms with Crippen molar-refractivity contribution in [1.29, 1.82) is 0 Å². The topological polar surface area (TPSA) is 24.9 Å². The van der Waals surface area contributed by atoms with Gasteiger partial charge in [0.05, 0.1) is 0 Å². The second-order valence-corrected chi connectivity index (χ2v) is 5.48. The normalized spacial score (nSPS) is 10.4. The number of thiazole rings is 1. The molecule has 1 aromatic heterocycles. The van der Waals surface area contributed by atoms with E-state index in [-0.39, 0.29) is 0 Å². The van der Waals surface area contributed by atoms with Gasteiger partial charge in [-0.3, -0.25) is 0 Å². The highest BCUT2D eigenvalue weighted by atomic mass is 79.9. The van der Waals surface area contributed by atoms with Crippen LogP contribution in [-0.2, 0) is 6.42 Å². The van der Waals surface area contributed by atoms with E-state index in [9.17, 15) is 0 Å². The lowest BCUT2D eigenvalue weighted by molar-refractivity contribution is 1.18. The first-order valence-electron chi connectivity index (χ1n) is 5.07. The molecule has 2 rings (SSSR count). The third kappa shape index (κ3) is 2.62. The number of benzene rings is 1. The standard InChI is InChI=1S/C12H13BrN2S/c1-8-3-5-9(6-4-8)7-10-11(13)15-12(14-2)16-10/h3-6H,7H2,1-2H3,(H,14,15). The molecule has 1 aromatic carbocycles. The summed E-state index contributed by atoms with van der Waals surface area (Å²) >= 11 is 5.18. The van der Waals surface area contributed by atoms with E-state index in [1.165, 1.54) is 16.0 Å². The summed E-state index contributed by atoms with van der Waals surface area (Å²) in [5, 5.41) is 4.01. The lowest BCUT2D eigenvalue weighted by Gasteiger charge is -1.99. The average Bonchev–Trinajstić information content (AvgIpc) is 2.63. The van der Waals surface area contributed by atoms with Gasteiger partial charge in [-0.15, -0.1) is 11.3 Å². The van der Waals surface area contributed by atoms with E-state index in [4.69, 9.17) is 0 Å². The summed E-state index contributed by atoms with van der Waals surface area (Å²) in [7, 11) is 1.89. The van der Waals surface area contributed by atoms with Crippen LogP contribution in [-0.4, -0.2) is 12.0 Å². The molecule has 0 bridgehead atoms. The molecule has 0 aliphatic carbocycles. The van der Waals surface area contributed by atoms with Crippen molar-refractivity contribution in [1.82, 2.24) is 4.98 Å². The minimum Gasteiger partial charge on any atom is -0.365 e. The van der Waals surface area contributed by atoms with Gasteiger partial charge >= 0.3 is 0 Å². The predicted octanol–water partition coefficient (Wildman–Crippen LogP) is 3.85. The van der Waals surface area contributed by atoms with Gasteiger partial charge in [-0.05, 0) is 28.4 Å². The Morgan fingerprint density at radius 1 is 1.31 bits per heavy atom. The number of rotatable bonds is 3. The van der Waals surface area contributed by atoms with Gasteiger partial charge in [-0.25, -0.2) is 4.98 Å². The summed E-state index contributed by atoms with van der Waals surface area (Å²) in [6.07, 6.45) is 0.931. The van der Waals surface area contributed by atoms with Crippen LogP contribution in [0.25, 0.3) is 0 Å². The Balaban J connectivity index is 2.19. The number of halogens is 1. The predicted molar refractivity (Wildman–Crippen MR) is 73.3 cm³/mol. The molecule has 4 heteroatoms. The number of nitrogens with one attached hydrogen (secondary N) is 1. The highest BCUT2D eigenvalue weighted by Crippen LogP contribution is 2.29. The zero-order valence-electron chi connectivity index (χ0n) is 9.25. The lowest BCUT2D eigenvalue weighted by Crippen LogP contribution is -1.85. The molecule has 0 atom stereocenters. The van der Waals surface area contributed by atoms with Gasteiger partial charge in [-0.1, -0.05) is 29.8 Å². The molecule has 0 fully saturated rings. The Hall–Kier alpha value is -0.870. The van der Waals surface area contributed by atoms with Gasteiger partial charge in [0.1, 0.15) is 4.60 Å². The third-order valence-electron chi connectivity index (χ3n) is 2.35. The fourth-order valence-electron chi connectivity index (χ4n) is 1.44. The first-order chi connectivity index (χ1) is 7.69. The largest absolute Gasteiger partial charge is 0.365 e. The number of hydrogen-bond acceptors (Lipinski definition) is 3. The van der Waals surface area contributed by atoms with E-state index in [1.807, 2.05) is 7.05 Å². The monoisotopic (exact) mass is 296 g/mol. The Morgan fingerprint density at radius 2 is 2.00 bits per heavy atom. The Labute approximate surface area is 108 Å². The molecule has 0 spiro atoms. The maximum Gasteiger partial charge on any atom is 0.183 e. The molecule has 0 aliphatic rings. The van der Waals surface area contributed by atoms with Crippen molar-refractivity contribution >= 4 is 32.4 Å². The smallest absolute Gasteiger partial charge is 0.183 e. The highest BCUT2D eigenvalue weighted by Gasteiger charge is 2.08. The van der Waals surface area contributed by atoms with E-state index in [0.29, 0.717) is 0 Å². The van der Waals surface area contributed by atoms with Crippen LogP contribution in [0.3, 0.4) is 0 Å². The molecular weight excluding hydrogens is 284 g/mol. The van der Waals surface area contributed by atoms with E-state index < -0.39 is 0 Å². The van der Waals surface area contributed by atoms with Crippen molar-refractivity contribution < 1.29 is 0 Å². The van der Waals surface area contributed by atoms with Crippen molar-refractivity contribution in [3.05, 3.63) is 44.9 Å². The number of anilines is 1. The maximum atomic E-state index is 4.37. The lowest BCUT2D eigenvalue weighted by atomic mass is 10.1. The molecule has 2 nitrogen and oxygen atoms in total. The maximum absolute atomic E-state index is 4.37. The minimum absolute atomic E-state index is 0.931. The first-order valence-corrected chi connectivity index (χ1v) is 6.68. The number of nitrogens with zero attached hydrogens (tertiary/aromatic N) is 1. The molecule has 0 radical (unpaired) electrons. The van der Waals surface area contributed by atoms with Gasteiger partial charge in [0, 0.05) is 18.3 Å². The zero-order valence-corrected chi connectivity index (χ0v) is 11.7. The van der Waals surface area contributed by atoms with Crippen LogP contribution in [0.2, 0.25) is 0 Å². The van der Waals surface area contributed by atoms with Crippen LogP contribution in [0.5, 0.6) is 0 Å². The summed E-state index contributed by atoms with van der Waals surface area (Å²) in [5.41, 5.74) is 2.61. The molecule has 1 N–H and O–H groups in total. The fourth-order valence-corrected chi connectivity index (χ4v) is 2.96. The second-order valence-electron chi connectivity index (χ2n) is 3.65. The molecule has 0 saturated heterocycles. The fraction of sp³-hybridized carbons (Fsp3) is 0.250. The molecule has 0 saturated carbocycles. The Bertz CT molecular complexity index is 476. The van der Waals surface area contributed by atoms with Crippen LogP contribution >= 0.6 is 27.3 Å². The summed E-state index contributed by atoms with van der Waals surface area (Å²) in [6, 6.07) is 8.62. The average molecular weight is 297 g/mol. The highest BCUT2D eigenvalue weighted by molar-refractivity contribution is 9.10. The SMILES string of the molecule is CNc1nc(Br)c(Cc2ccc(C)cc2)s1. The summed E-state index contributed by atoms with van der Waals surface area (Å²) in [6.45, 7) is 2.10. The summed E-state index contributed by atoms with van der Waals surface area (Å²) in [5.74, 6) is 0. The van der Waals surface area contributed by atoms with Crippen LogP contribution in [0, 0.1) is 6.92 Å². The van der Waals surface area contributed by atoms with Crippen molar-refractivity contribution in [3.63, 3.8) is 0 Å². The van der Waals surface area contributed by atoms with Gasteiger partial charge in [0.15, 0.2) is 5.13 Å². The van der Waals surface area contributed by atoms with Crippen molar-refractivity contribution in [3.8, 4) is 0 Å². The van der Waals surface area contributed by atoms with E-state index in [2.05, 4.69) is 57.4 Å². The van der Waals surface area contributed by atoms with E-state index in [1.54, 1.807) is 11.3 Å². The Kier molecular flexibility index (Phi) is 3.61.